The summed E-state index contributed by atoms with van der Waals surface area (Å²) in [7, 11) is 0. The van der Waals surface area contributed by atoms with Crippen LogP contribution >= 0.6 is 0 Å². The van der Waals surface area contributed by atoms with Crippen molar-refractivity contribution in [2.24, 2.45) is 0 Å². The van der Waals surface area contributed by atoms with Crippen molar-refractivity contribution >= 4 is 5.83 Å². The highest BCUT2D eigenvalue weighted by Crippen LogP contribution is 2.53. The monoisotopic (exact) mass is 574 g/mol. The first-order chi connectivity index (χ1) is 20.6. The van der Waals surface area contributed by atoms with E-state index in [9.17, 15) is 0 Å². The average molecular weight is 575 g/mol. The van der Waals surface area contributed by atoms with Crippen LogP contribution in [0.5, 0.6) is 5.75 Å². The van der Waals surface area contributed by atoms with Gasteiger partial charge in [0.15, 0.2) is 5.60 Å². The third-order valence-electron chi connectivity index (χ3n) is 10.4. The summed E-state index contributed by atoms with van der Waals surface area (Å²) in [6.45, 7) is 15.7. The lowest BCUT2D eigenvalue weighted by molar-refractivity contribution is 0.0970. The number of fused-ring (bicyclic) bond motifs is 3. The maximum Gasteiger partial charge on any atom is 0.160 e. The SMILES string of the molecule is CCC(C)(C)c1ccc2c(c1)C(CC/C(C)=C(\F)c1ccccc1)(c1ccccc1)Oc1cc(C(C)(CC)CC)ccc1-2. The molecule has 0 bridgehead atoms. The van der Waals surface area contributed by atoms with E-state index in [1.807, 2.05) is 37.3 Å². The van der Waals surface area contributed by atoms with Gasteiger partial charge in [-0.3, -0.25) is 0 Å². The molecule has 4 aromatic carbocycles. The van der Waals surface area contributed by atoms with E-state index in [2.05, 4.69) is 108 Å². The van der Waals surface area contributed by atoms with Crippen LogP contribution in [-0.2, 0) is 16.4 Å². The highest BCUT2D eigenvalue weighted by Gasteiger charge is 2.43. The molecule has 0 N–H and O–H groups in total. The Morgan fingerprint density at radius 1 is 0.721 bits per heavy atom. The van der Waals surface area contributed by atoms with Crippen LogP contribution in [0.3, 0.4) is 0 Å². The normalized spacial score (nSPS) is 17.0. The van der Waals surface area contributed by atoms with E-state index in [4.69, 9.17) is 4.74 Å². The van der Waals surface area contributed by atoms with Crippen LogP contribution in [0, 0.1) is 0 Å². The van der Waals surface area contributed by atoms with Crippen molar-refractivity contribution in [1.29, 1.82) is 0 Å². The Morgan fingerprint density at radius 2 is 1.33 bits per heavy atom. The summed E-state index contributed by atoms with van der Waals surface area (Å²) in [5.74, 6) is 0.764. The van der Waals surface area contributed by atoms with Crippen LogP contribution in [0.1, 0.15) is 108 Å². The Hall–Kier alpha value is -3.65. The molecule has 1 unspecified atom stereocenters. The molecular formula is C41H47FO. The summed E-state index contributed by atoms with van der Waals surface area (Å²) in [4.78, 5) is 0. The zero-order valence-electron chi connectivity index (χ0n) is 27.1. The van der Waals surface area contributed by atoms with Crippen molar-refractivity contribution in [1.82, 2.24) is 0 Å². The molecule has 5 rings (SSSR count). The van der Waals surface area contributed by atoms with Crippen LogP contribution in [-0.4, -0.2) is 0 Å². The number of allylic oxidation sites excluding steroid dienone is 1. The van der Waals surface area contributed by atoms with Crippen molar-refractivity contribution in [2.75, 3.05) is 0 Å². The smallest absolute Gasteiger partial charge is 0.160 e. The van der Waals surface area contributed by atoms with Crippen LogP contribution in [0.15, 0.2) is 103 Å². The fraction of sp³-hybridized carbons (Fsp3) is 0.366. The molecule has 1 nitrogen and oxygen atoms in total. The summed E-state index contributed by atoms with van der Waals surface area (Å²) in [6.07, 6.45) is 4.32. The van der Waals surface area contributed by atoms with E-state index >= 15 is 4.39 Å². The summed E-state index contributed by atoms with van der Waals surface area (Å²) in [5, 5.41) is 0. The fourth-order valence-electron chi connectivity index (χ4n) is 6.40. The first-order valence-corrected chi connectivity index (χ1v) is 16.0. The van der Waals surface area contributed by atoms with Gasteiger partial charge in [-0.15, -0.1) is 0 Å². The summed E-state index contributed by atoms with van der Waals surface area (Å²) < 4.78 is 23.1. The molecule has 0 aromatic heterocycles. The van der Waals surface area contributed by atoms with E-state index in [0.29, 0.717) is 18.4 Å². The minimum Gasteiger partial charge on any atom is -0.477 e. The molecule has 0 fully saturated rings. The first kappa shape index (κ1) is 30.8. The van der Waals surface area contributed by atoms with Gasteiger partial charge >= 0.3 is 0 Å². The fourth-order valence-corrected chi connectivity index (χ4v) is 6.40. The van der Waals surface area contributed by atoms with Gasteiger partial charge in [-0.05, 0) is 83.8 Å². The molecule has 4 aromatic rings. The predicted octanol–water partition coefficient (Wildman–Crippen LogP) is 11.9. The van der Waals surface area contributed by atoms with Crippen molar-refractivity contribution < 1.29 is 9.13 Å². The van der Waals surface area contributed by atoms with E-state index in [-0.39, 0.29) is 16.7 Å². The molecule has 1 aliphatic heterocycles. The Bertz CT molecular complexity index is 1590. The quantitative estimate of drug-likeness (QED) is 0.183. The third-order valence-corrected chi connectivity index (χ3v) is 10.4. The molecule has 0 radical (unpaired) electrons. The van der Waals surface area contributed by atoms with Crippen molar-refractivity contribution in [3.8, 4) is 16.9 Å². The van der Waals surface area contributed by atoms with Gasteiger partial charge in [0.05, 0.1) is 0 Å². The summed E-state index contributed by atoms with van der Waals surface area (Å²) in [5.41, 5.74) is 7.87. The molecule has 0 amide bonds. The van der Waals surface area contributed by atoms with Gasteiger partial charge in [0.2, 0.25) is 0 Å². The zero-order chi connectivity index (χ0) is 30.8. The van der Waals surface area contributed by atoms with E-state index in [0.717, 1.165) is 41.7 Å². The van der Waals surface area contributed by atoms with Gasteiger partial charge < -0.3 is 4.74 Å². The molecule has 1 atom stereocenters. The predicted molar refractivity (Wildman–Crippen MR) is 180 cm³/mol. The number of hydrogen-bond donors (Lipinski definition) is 0. The third kappa shape index (κ3) is 5.69. The van der Waals surface area contributed by atoms with Gasteiger partial charge in [-0.25, -0.2) is 4.39 Å². The second-order valence-corrected chi connectivity index (χ2v) is 13.2. The lowest BCUT2D eigenvalue weighted by atomic mass is 9.72. The van der Waals surface area contributed by atoms with Crippen LogP contribution in [0.4, 0.5) is 4.39 Å². The van der Waals surface area contributed by atoms with Gasteiger partial charge in [-0.1, -0.05) is 133 Å². The largest absolute Gasteiger partial charge is 0.477 e. The lowest BCUT2D eigenvalue weighted by Crippen LogP contribution is -2.38. The number of hydrogen-bond acceptors (Lipinski definition) is 1. The van der Waals surface area contributed by atoms with Crippen LogP contribution in [0.2, 0.25) is 0 Å². The molecule has 0 saturated carbocycles. The molecule has 2 heteroatoms. The second kappa shape index (κ2) is 12.2. The van der Waals surface area contributed by atoms with E-state index in [1.54, 1.807) is 0 Å². The van der Waals surface area contributed by atoms with Crippen molar-refractivity contribution in [3.05, 3.63) is 130 Å². The zero-order valence-corrected chi connectivity index (χ0v) is 27.1. The van der Waals surface area contributed by atoms with Crippen LogP contribution in [0.25, 0.3) is 17.0 Å². The molecular weight excluding hydrogens is 527 g/mol. The standard InChI is InChI=1S/C41H47FO/c1-8-39(5,6)32-21-23-34-35-24-22-33(40(7,9-2)10-3)28-37(35)43-41(36(34)27-32,31-19-15-12-16-20-31)26-25-29(4)38(42)30-17-13-11-14-18-30/h11-24,27-28H,8-10,25-26H2,1-7H3/b38-29-. The average Bonchev–Trinajstić information content (AvgIpc) is 3.06. The summed E-state index contributed by atoms with van der Waals surface area (Å²) >= 11 is 0. The number of ether oxygens (including phenoxy) is 1. The topological polar surface area (TPSA) is 9.23 Å². The van der Waals surface area contributed by atoms with Crippen molar-refractivity contribution in [2.45, 2.75) is 97.0 Å². The Balaban J connectivity index is 1.73. The van der Waals surface area contributed by atoms with Crippen LogP contribution < -0.4 is 4.74 Å². The second-order valence-electron chi connectivity index (χ2n) is 13.2. The summed E-state index contributed by atoms with van der Waals surface area (Å²) in [6, 6.07) is 33.7. The highest BCUT2D eigenvalue weighted by atomic mass is 19.1. The molecule has 224 valence electrons. The number of benzene rings is 4. The maximum absolute atomic E-state index is 15.7. The minimum absolute atomic E-state index is 0.0148. The molecule has 0 aliphatic carbocycles. The van der Waals surface area contributed by atoms with E-state index < -0.39 is 5.60 Å². The van der Waals surface area contributed by atoms with Crippen molar-refractivity contribution in [3.63, 3.8) is 0 Å². The first-order valence-electron chi connectivity index (χ1n) is 16.0. The number of halogens is 1. The molecule has 43 heavy (non-hydrogen) atoms. The maximum atomic E-state index is 15.7. The number of rotatable bonds is 10. The van der Waals surface area contributed by atoms with Gasteiger partial charge in [0.25, 0.3) is 0 Å². The minimum atomic E-state index is -0.769. The lowest BCUT2D eigenvalue weighted by Gasteiger charge is -2.43. The Kier molecular flexibility index (Phi) is 8.70. The highest BCUT2D eigenvalue weighted by molar-refractivity contribution is 5.79. The van der Waals surface area contributed by atoms with Gasteiger partial charge in [0, 0.05) is 16.7 Å². The van der Waals surface area contributed by atoms with E-state index in [1.165, 1.54) is 22.3 Å². The molecule has 0 spiro atoms. The van der Waals surface area contributed by atoms with Gasteiger partial charge in [-0.2, -0.15) is 0 Å². The molecule has 0 saturated heterocycles. The Labute approximate surface area is 258 Å². The van der Waals surface area contributed by atoms with Gasteiger partial charge in [0.1, 0.15) is 11.6 Å². The Morgan fingerprint density at radius 3 is 1.95 bits per heavy atom. The molecule has 1 aliphatic rings. The molecule has 1 heterocycles.